The van der Waals surface area contributed by atoms with Crippen molar-refractivity contribution >= 4 is 0 Å². The quantitative estimate of drug-likeness (QED) is 0.687. The Bertz CT molecular complexity index is 249. The van der Waals surface area contributed by atoms with Crippen molar-refractivity contribution < 1.29 is 9.52 Å². The second kappa shape index (κ2) is 4.94. The molecule has 5 nitrogen and oxygen atoms in total. The zero-order valence-electron chi connectivity index (χ0n) is 7.95. The summed E-state index contributed by atoms with van der Waals surface area (Å²) < 4.78 is 5.16. The van der Waals surface area contributed by atoms with Crippen molar-refractivity contribution in [3.8, 4) is 0 Å². The number of aliphatic hydroxyl groups is 1. The molecule has 1 unspecified atom stereocenters. The lowest BCUT2D eigenvalue weighted by Gasteiger charge is -2.09. The first-order valence-corrected chi connectivity index (χ1v) is 4.35. The highest BCUT2D eigenvalue weighted by atomic mass is 16.4. The van der Waals surface area contributed by atoms with E-state index in [4.69, 9.17) is 9.52 Å². The zero-order chi connectivity index (χ0) is 9.68. The third-order valence-corrected chi connectivity index (χ3v) is 1.73. The van der Waals surface area contributed by atoms with Crippen molar-refractivity contribution in [2.24, 2.45) is 0 Å². The highest BCUT2D eigenvalue weighted by Crippen LogP contribution is 1.98. The smallest absolute Gasteiger partial charge is 0.230 e. The Morgan fingerprint density at radius 1 is 1.54 bits per heavy atom. The summed E-state index contributed by atoms with van der Waals surface area (Å²) >= 11 is 0. The fourth-order valence-electron chi connectivity index (χ4n) is 0.966. The maximum atomic E-state index is 8.65. The second-order valence-electron chi connectivity index (χ2n) is 3.01. The van der Waals surface area contributed by atoms with Gasteiger partial charge in [-0.2, -0.15) is 0 Å². The Morgan fingerprint density at radius 2 is 2.31 bits per heavy atom. The van der Waals surface area contributed by atoms with Crippen molar-refractivity contribution in [2.45, 2.75) is 32.9 Å². The van der Waals surface area contributed by atoms with Crippen LogP contribution in [-0.2, 0) is 6.54 Å². The number of aromatic nitrogens is 2. The average molecular weight is 185 g/mol. The van der Waals surface area contributed by atoms with Crippen LogP contribution in [0.15, 0.2) is 4.42 Å². The van der Waals surface area contributed by atoms with Gasteiger partial charge in [-0.15, -0.1) is 10.2 Å². The van der Waals surface area contributed by atoms with Gasteiger partial charge in [0.05, 0.1) is 6.54 Å². The van der Waals surface area contributed by atoms with Crippen LogP contribution in [0.3, 0.4) is 0 Å². The van der Waals surface area contributed by atoms with Crippen LogP contribution in [0.25, 0.3) is 0 Å². The highest BCUT2D eigenvalue weighted by Gasteiger charge is 2.04. The fraction of sp³-hybridized carbons (Fsp3) is 0.750. The summed E-state index contributed by atoms with van der Waals surface area (Å²) in [5.41, 5.74) is 0. The third-order valence-electron chi connectivity index (χ3n) is 1.73. The van der Waals surface area contributed by atoms with Crippen LogP contribution >= 0.6 is 0 Å². The molecule has 0 aliphatic carbocycles. The summed E-state index contributed by atoms with van der Waals surface area (Å²) in [6.45, 7) is 4.51. The van der Waals surface area contributed by atoms with E-state index in [-0.39, 0.29) is 12.6 Å². The van der Waals surface area contributed by atoms with E-state index in [1.165, 1.54) is 0 Å². The molecular formula is C8H15N3O2. The molecule has 0 bridgehead atoms. The summed E-state index contributed by atoms with van der Waals surface area (Å²) in [6.07, 6.45) is 0.729. The molecule has 0 aromatic carbocycles. The van der Waals surface area contributed by atoms with E-state index >= 15 is 0 Å². The van der Waals surface area contributed by atoms with Crippen LogP contribution < -0.4 is 5.32 Å². The lowest BCUT2D eigenvalue weighted by molar-refractivity contribution is 0.266. The first-order chi connectivity index (χ1) is 6.22. The van der Waals surface area contributed by atoms with Crippen LogP contribution in [-0.4, -0.2) is 28.0 Å². The summed E-state index contributed by atoms with van der Waals surface area (Å²) in [5.74, 6) is 1.16. The molecule has 74 valence electrons. The fourth-order valence-corrected chi connectivity index (χ4v) is 0.966. The van der Waals surface area contributed by atoms with E-state index in [1.807, 2.05) is 6.92 Å². The molecule has 0 aliphatic heterocycles. The van der Waals surface area contributed by atoms with Gasteiger partial charge in [0.25, 0.3) is 0 Å². The Morgan fingerprint density at radius 3 is 2.85 bits per heavy atom. The predicted molar refractivity (Wildman–Crippen MR) is 47.0 cm³/mol. The van der Waals surface area contributed by atoms with Gasteiger partial charge < -0.3 is 14.8 Å². The monoisotopic (exact) mass is 185 g/mol. The van der Waals surface area contributed by atoms with Gasteiger partial charge in [-0.05, 0) is 13.3 Å². The largest absolute Gasteiger partial charge is 0.424 e. The van der Waals surface area contributed by atoms with Crippen molar-refractivity contribution in [1.29, 1.82) is 0 Å². The Hall–Kier alpha value is -0.940. The van der Waals surface area contributed by atoms with E-state index in [2.05, 4.69) is 15.5 Å². The van der Waals surface area contributed by atoms with E-state index in [1.54, 1.807) is 6.92 Å². The molecule has 1 heterocycles. The Labute approximate surface area is 77.2 Å². The summed E-state index contributed by atoms with van der Waals surface area (Å²) in [5, 5.41) is 19.3. The standard InChI is InChI=1S/C8H15N3O2/c1-6(3-4-12)9-5-8-11-10-7(2)13-8/h6,9,12H,3-5H2,1-2H3. The number of nitrogens with one attached hydrogen (secondary N) is 1. The van der Waals surface area contributed by atoms with Crippen LogP contribution in [0.2, 0.25) is 0 Å². The highest BCUT2D eigenvalue weighted by molar-refractivity contribution is 4.78. The van der Waals surface area contributed by atoms with Gasteiger partial charge in [-0.3, -0.25) is 0 Å². The lowest BCUT2D eigenvalue weighted by atomic mass is 10.2. The molecule has 5 heteroatoms. The van der Waals surface area contributed by atoms with Gasteiger partial charge in [0.1, 0.15) is 0 Å². The summed E-state index contributed by atoms with van der Waals surface area (Å²) in [7, 11) is 0. The molecule has 0 aliphatic rings. The summed E-state index contributed by atoms with van der Waals surface area (Å²) in [6, 6.07) is 0.261. The Balaban J connectivity index is 2.26. The molecule has 0 saturated carbocycles. The number of aryl methyl sites for hydroxylation is 1. The number of rotatable bonds is 5. The van der Waals surface area contributed by atoms with E-state index in [0.29, 0.717) is 18.3 Å². The van der Waals surface area contributed by atoms with Crippen molar-refractivity contribution in [3.63, 3.8) is 0 Å². The van der Waals surface area contributed by atoms with Gasteiger partial charge in [-0.25, -0.2) is 0 Å². The van der Waals surface area contributed by atoms with Crippen molar-refractivity contribution in [2.75, 3.05) is 6.61 Å². The van der Waals surface area contributed by atoms with Crippen LogP contribution in [0.1, 0.15) is 25.1 Å². The molecule has 1 atom stereocenters. The molecule has 0 radical (unpaired) electrons. The van der Waals surface area contributed by atoms with E-state index in [0.717, 1.165) is 6.42 Å². The molecule has 0 spiro atoms. The molecule has 2 N–H and O–H groups in total. The lowest BCUT2D eigenvalue weighted by Crippen LogP contribution is -2.26. The molecule has 1 rings (SSSR count). The minimum absolute atomic E-state index is 0.191. The minimum atomic E-state index is 0.191. The van der Waals surface area contributed by atoms with Crippen LogP contribution in [0.5, 0.6) is 0 Å². The van der Waals surface area contributed by atoms with Gasteiger partial charge in [0.15, 0.2) is 0 Å². The maximum absolute atomic E-state index is 8.65. The predicted octanol–water partition coefficient (Wildman–Crippen LogP) is 0.239. The second-order valence-corrected chi connectivity index (χ2v) is 3.01. The third kappa shape index (κ3) is 3.52. The topological polar surface area (TPSA) is 71.2 Å². The van der Waals surface area contributed by atoms with Crippen molar-refractivity contribution in [3.05, 3.63) is 11.8 Å². The first kappa shape index (κ1) is 10.1. The Kier molecular flexibility index (Phi) is 3.85. The van der Waals surface area contributed by atoms with Gasteiger partial charge in [0.2, 0.25) is 11.8 Å². The normalized spacial score (nSPS) is 13.2. The molecule has 1 aromatic heterocycles. The number of hydrogen-bond donors (Lipinski definition) is 2. The average Bonchev–Trinajstić information content (AvgIpc) is 2.49. The zero-order valence-corrected chi connectivity index (χ0v) is 7.95. The number of aliphatic hydroxyl groups excluding tert-OH is 1. The molecule has 1 aromatic rings. The number of hydrogen-bond acceptors (Lipinski definition) is 5. The van der Waals surface area contributed by atoms with E-state index in [9.17, 15) is 0 Å². The van der Waals surface area contributed by atoms with Crippen LogP contribution in [0, 0.1) is 6.92 Å². The SMILES string of the molecule is Cc1nnc(CNC(C)CCO)o1. The van der Waals surface area contributed by atoms with Gasteiger partial charge in [-0.1, -0.05) is 0 Å². The van der Waals surface area contributed by atoms with Crippen molar-refractivity contribution in [1.82, 2.24) is 15.5 Å². The maximum Gasteiger partial charge on any atom is 0.230 e. The van der Waals surface area contributed by atoms with Gasteiger partial charge in [0, 0.05) is 19.6 Å². The molecule has 0 amide bonds. The van der Waals surface area contributed by atoms with Crippen LogP contribution in [0.4, 0.5) is 0 Å². The molecular weight excluding hydrogens is 170 g/mol. The van der Waals surface area contributed by atoms with Gasteiger partial charge >= 0.3 is 0 Å². The summed E-state index contributed by atoms with van der Waals surface area (Å²) in [4.78, 5) is 0. The first-order valence-electron chi connectivity index (χ1n) is 4.35. The molecule has 0 fully saturated rings. The molecule has 0 saturated heterocycles. The number of nitrogens with zero attached hydrogens (tertiary/aromatic N) is 2. The minimum Gasteiger partial charge on any atom is -0.424 e. The van der Waals surface area contributed by atoms with E-state index < -0.39 is 0 Å². The molecule has 13 heavy (non-hydrogen) atoms.